The Bertz CT molecular complexity index is 921. The largest absolute Gasteiger partial charge is 0.445 e. The molecule has 4 rings (SSSR count). The molecule has 0 saturated carbocycles. The fourth-order valence-corrected chi connectivity index (χ4v) is 3.38. The molecular formula is C19H20N4O2. The Morgan fingerprint density at radius 2 is 1.84 bits per heavy atom. The summed E-state index contributed by atoms with van der Waals surface area (Å²) in [5.74, 6) is 1.07. The highest BCUT2D eigenvalue weighted by atomic mass is 16.4. The molecule has 1 amide bonds. The van der Waals surface area contributed by atoms with Gasteiger partial charge in [0.05, 0.1) is 5.52 Å². The molecule has 1 aliphatic rings. The van der Waals surface area contributed by atoms with Crippen LogP contribution in [0.3, 0.4) is 0 Å². The third-order valence-electron chi connectivity index (χ3n) is 4.64. The average molecular weight is 336 g/mol. The van der Waals surface area contributed by atoms with Crippen LogP contribution in [0.15, 0.2) is 40.9 Å². The number of piperazine rings is 1. The van der Waals surface area contributed by atoms with Crippen LogP contribution in [-0.4, -0.2) is 47.0 Å². The van der Waals surface area contributed by atoms with E-state index in [1.54, 1.807) is 13.8 Å². The fraction of sp³-hybridized carbons (Fsp3) is 0.316. The fourth-order valence-electron chi connectivity index (χ4n) is 3.38. The molecule has 0 spiro atoms. The Morgan fingerprint density at radius 3 is 2.56 bits per heavy atom. The van der Waals surface area contributed by atoms with Crippen molar-refractivity contribution < 1.29 is 9.21 Å². The number of amides is 1. The number of rotatable bonds is 2. The maximum absolute atomic E-state index is 12.7. The Kier molecular flexibility index (Phi) is 3.87. The average Bonchev–Trinajstić information content (AvgIpc) is 2.99. The second-order valence-corrected chi connectivity index (χ2v) is 6.26. The molecule has 6 heteroatoms. The predicted molar refractivity (Wildman–Crippen MR) is 95.8 cm³/mol. The van der Waals surface area contributed by atoms with Gasteiger partial charge in [0, 0.05) is 50.4 Å². The van der Waals surface area contributed by atoms with E-state index in [9.17, 15) is 4.79 Å². The van der Waals surface area contributed by atoms with Crippen LogP contribution in [0.4, 0.5) is 5.69 Å². The van der Waals surface area contributed by atoms with Crippen molar-refractivity contribution in [1.82, 2.24) is 14.9 Å². The molecule has 0 bridgehead atoms. The van der Waals surface area contributed by atoms with Crippen LogP contribution >= 0.6 is 0 Å². The maximum Gasteiger partial charge on any atom is 0.276 e. The Hall–Kier alpha value is -2.89. The summed E-state index contributed by atoms with van der Waals surface area (Å²) in [6, 6.07) is 10.2. The van der Waals surface area contributed by atoms with Gasteiger partial charge in [0.2, 0.25) is 0 Å². The number of oxazole rings is 1. The first-order valence-corrected chi connectivity index (χ1v) is 8.45. The van der Waals surface area contributed by atoms with E-state index < -0.39 is 0 Å². The highest BCUT2D eigenvalue weighted by Crippen LogP contribution is 2.26. The SMILES string of the molecule is Cc1nc(C(=O)N2CCN(c3ccnc4ccccc34)CC2)c(C)o1. The molecule has 0 N–H and O–H groups in total. The standard InChI is InChI=1S/C19H20N4O2/c1-13-18(21-14(2)25-13)19(24)23-11-9-22(10-12-23)17-7-8-20-16-6-4-3-5-15(16)17/h3-8H,9-12H2,1-2H3. The van der Waals surface area contributed by atoms with E-state index in [0.717, 1.165) is 24.0 Å². The highest BCUT2D eigenvalue weighted by Gasteiger charge is 2.26. The molecule has 2 aromatic heterocycles. The minimum atomic E-state index is -0.0476. The summed E-state index contributed by atoms with van der Waals surface area (Å²) >= 11 is 0. The number of anilines is 1. The summed E-state index contributed by atoms with van der Waals surface area (Å²) < 4.78 is 5.39. The van der Waals surface area contributed by atoms with Gasteiger partial charge in [-0.3, -0.25) is 9.78 Å². The molecule has 3 heterocycles. The first-order chi connectivity index (χ1) is 12.1. The number of hydrogen-bond acceptors (Lipinski definition) is 5. The highest BCUT2D eigenvalue weighted by molar-refractivity contribution is 5.94. The smallest absolute Gasteiger partial charge is 0.276 e. The summed E-state index contributed by atoms with van der Waals surface area (Å²) in [6.45, 7) is 6.45. The van der Waals surface area contributed by atoms with Crippen molar-refractivity contribution in [2.24, 2.45) is 0 Å². The zero-order chi connectivity index (χ0) is 17.4. The van der Waals surface area contributed by atoms with Gasteiger partial charge in [-0.1, -0.05) is 18.2 Å². The zero-order valence-electron chi connectivity index (χ0n) is 14.4. The van der Waals surface area contributed by atoms with Gasteiger partial charge in [-0.05, 0) is 19.1 Å². The van der Waals surface area contributed by atoms with Crippen molar-refractivity contribution in [2.45, 2.75) is 13.8 Å². The Labute approximate surface area is 146 Å². The first-order valence-electron chi connectivity index (χ1n) is 8.45. The van der Waals surface area contributed by atoms with E-state index in [0.29, 0.717) is 30.4 Å². The Balaban J connectivity index is 1.51. The van der Waals surface area contributed by atoms with E-state index in [1.165, 1.54) is 5.69 Å². The minimum Gasteiger partial charge on any atom is -0.445 e. The summed E-state index contributed by atoms with van der Waals surface area (Å²) in [7, 11) is 0. The van der Waals surface area contributed by atoms with Crippen LogP contribution in [-0.2, 0) is 0 Å². The van der Waals surface area contributed by atoms with Crippen LogP contribution < -0.4 is 4.90 Å². The topological polar surface area (TPSA) is 62.5 Å². The van der Waals surface area contributed by atoms with Crippen molar-refractivity contribution in [3.05, 3.63) is 53.9 Å². The quantitative estimate of drug-likeness (QED) is 0.720. The molecule has 1 saturated heterocycles. The normalized spacial score (nSPS) is 15.0. The lowest BCUT2D eigenvalue weighted by Gasteiger charge is -2.36. The lowest BCUT2D eigenvalue weighted by atomic mass is 10.1. The van der Waals surface area contributed by atoms with Crippen LogP contribution in [0.25, 0.3) is 10.9 Å². The second-order valence-electron chi connectivity index (χ2n) is 6.26. The minimum absolute atomic E-state index is 0.0476. The monoisotopic (exact) mass is 336 g/mol. The van der Waals surface area contributed by atoms with E-state index in [-0.39, 0.29) is 5.91 Å². The van der Waals surface area contributed by atoms with Crippen molar-refractivity contribution >= 4 is 22.5 Å². The number of benzene rings is 1. The molecule has 1 fully saturated rings. The summed E-state index contributed by atoms with van der Waals surface area (Å²) in [4.78, 5) is 25.5. The molecule has 128 valence electrons. The van der Waals surface area contributed by atoms with Crippen molar-refractivity contribution in [3.63, 3.8) is 0 Å². The van der Waals surface area contributed by atoms with Crippen LogP contribution in [0.2, 0.25) is 0 Å². The number of pyridine rings is 1. The number of nitrogens with zero attached hydrogens (tertiary/aromatic N) is 4. The number of aromatic nitrogens is 2. The molecule has 0 atom stereocenters. The predicted octanol–water partition coefficient (Wildman–Crippen LogP) is 2.80. The molecule has 3 aromatic rings. The van der Waals surface area contributed by atoms with Crippen LogP contribution in [0, 0.1) is 13.8 Å². The summed E-state index contributed by atoms with van der Waals surface area (Å²) in [6.07, 6.45) is 1.84. The number of aryl methyl sites for hydroxylation is 2. The van der Waals surface area contributed by atoms with Gasteiger partial charge in [0.15, 0.2) is 11.6 Å². The van der Waals surface area contributed by atoms with Gasteiger partial charge in [-0.15, -0.1) is 0 Å². The van der Waals surface area contributed by atoms with E-state index >= 15 is 0 Å². The van der Waals surface area contributed by atoms with E-state index in [2.05, 4.69) is 20.9 Å². The summed E-state index contributed by atoms with van der Waals surface area (Å²) in [5, 5.41) is 1.15. The number of hydrogen-bond donors (Lipinski definition) is 0. The van der Waals surface area contributed by atoms with Gasteiger partial charge in [-0.25, -0.2) is 4.98 Å². The first kappa shape index (κ1) is 15.6. The van der Waals surface area contributed by atoms with Gasteiger partial charge < -0.3 is 14.2 Å². The maximum atomic E-state index is 12.7. The van der Waals surface area contributed by atoms with Gasteiger partial charge in [-0.2, -0.15) is 0 Å². The van der Waals surface area contributed by atoms with Crippen molar-refractivity contribution in [2.75, 3.05) is 31.1 Å². The van der Waals surface area contributed by atoms with Crippen molar-refractivity contribution in [3.8, 4) is 0 Å². The summed E-state index contributed by atoms with van der Waals surface area (Å²) in [5.41, 5.74) is 2.60. The number of para-hydroxylation sites is 1. The second kappa shape index (κ2) is 6.20. The molecule has 0 radical (unpaired) electrons. The van der Waals surface area contributed by atoms with E-state index in [1.807, 2.05) is 35.4 Å². The molecular weight excluding hydrogens is 316 g/mol. The number of carbonyl (C=O) groups is 1. The molecule has 0 aliphatic carbocycles. The van der Waals surface area contributed by atoms with Gasteiger partial charge in [0.1, 0.15) is 5.76 Å². The third-order valence-corrected chi connectivity index (χ3v) is 4.64. The molecule has 25 heavy (non-hydrogen) atoms. The Morgan fingerprint density at radius 1 is 1.08 bits per heavy atom. The molecule has 1 aliphatic heterocycles. The number of carbonyl (C=O) groups excluding carboxylic acids is 1. The number of fused-ring (bicyclic) bond motifs is 1. The lowest BCUT2D eigenvalue weighted by molar-refractivity contribution is 0.0740. The zero-order valence-corrected chi connectivity index (χ0v) is 14.4. The van der Waals surface area contributed by atoms with Gasteiger partial charge >= 0.3 is 0 Å². The van der Waals surface area contributed by atoms with Gasteiger partial charge in [0.25, 0.3) is 5.91 Å². The van der Waals surface area contributed by atoms with Crippen LogP contribution in [0.1, 0.15) is 22.1 Å². The van der Waals surface area contributed by atoms with Crippen molar-refractivity contribution in [1.29, 1.82) is 0 Å². The molecule has 1 aromatic carbocycles. The lowest BCUT2D eigenvalue weighted by Crippen LogP contribution is -2.49. The molecule has 0 unspecified atom stereocenters. The van der Waals surface area contributed by atoms with Crippen LogP contribution in [0.5, 0.6) is 0 Å². The molecule has 6 nitrogen and oxygen atoms in total. The van der Waals surface area contributed by atoms with E-state index in [4.69, 9.17) is 4.42 Å². The third kappa shape index (κ3) is 2.84.